The molecule has 0 radical (unpaired) electrons. The summed E-state index contributed by atoms with van der Waals surface area (Å²) in [6, 6.07) is 5.48. The summed E-state index contributed by atoms with van der Waals surface area (Å²) in [6.07, 6.45) is 2.63. The van der Waals surface area contributed by atoms with Crippen LogP contribution in [0.4, 0.5) is 0 Å². The number of rotatable bonds is 5. The molecule has 1 aliphatic rings. The standard InChI is InChI=1S/C18H24N4O3/c1-11-4-5-14(16(6-11)25-3)18(24)19-9-13-7-12(8-15(13)23)17-21-20-10-22(17)2/h4-6,10,12-13,15,23H,7-9H2,1-3H3,(H,19,24)/t12-,13+,15+/m0/s1. The maximum absolute atomic E-state index is 12.5. The molecule has 3 atom stereocenters. The third-order valence-corrected chi connectivity index (χ3v) is 4.90. The summed E-state index contributed by atoms with van der Waals surface area (Å²) in [5.41, 5.74) is 1.54. The largest absolute Gasteiger partial charge is 0.496 e. The van der Waals surface area contributed by atoms with Crippen molar-refractivity contribution in [3.05, 3.63) is 41.5 Å². The molecule has 1 aromatic carbocycles. The van der Waals surface area contributed by atoms with E-state index in [-0.39, 0.29) is 17.7 Å². The van der Waals surface area contributed by atoms with Crippen LogP contribution in [0.2, 0.25) is 0 Å². The van der Waals surface area contributed by atoms with E-state index in [1.807, 2.05) is 30.7 Å². The SMILES string of the molecule is COc1cc(C)ccc1C(=O)NC[C@H]1C[C@H](c2nncn2C)C[C@H]1O. The second-order valence-electron chi connectivity index (χ2n) is 6.71. The minimum atomic E-state index is -0.457. The fourth-order valence-corrected chi connectivity index (χ4v) is 3.50. The minimum Gasteiger partial charge on any atom is -0.496 e. The summed E-state index contributed by atoms with van der Waals surface area (Å²) in [5, 5.41) is 21.3. The number of amides is 1. The van der Waals surface area contributed by atoms with Crippen molar-refractivity contribution in [3.63, 3.8) is 0 Å². The molecule has 1 amide bonds. The third kappa shape index (κ3) is 3.66. The maximum atomic E-state index is 12.5. The van der Waals surface area contributed by atoms with E-state index in [1.165, 1.54) is 0 Å². The second kappa shape index (κ2) is 7.23. The van der Waals surface area contributed by atoms with Gasteiger partial charge >= 0.3 is 0 Å². The minimum absolute atomic E-state index is 0.00194. The van der Waals surface area contributed by atoms with Crippen LogP contribution < -0.4 is 10.1 Å². The van der Waals surface area contributed by atoms with Gasteiger partial charge in [0.25, 0.3) is 5.91 Å². The molecule has 1 aromatic heterocycles. The fraction of sp³-hybridized carbons (Fsp3) is 0.500. The van der Waals surface area contributed by atoms with Crippen LogP contribution in [0.15, 0.2) is 24.5 Å². The second-order valence-corrected chi connectivity index (χ2v) is 6.71. The summed E-state index contributed by atoms with van der Waals surface area (Å²) in [5.74, 6) is 1.42. The van der Waals surface area contributed by atoms with E-state index in [0.717, 1.165) is 17.8 Å². The third-order valence-electron chi connectivity index (χ3n) is 4.90. The number of aryl methyl sites for hydroxylation is 2. The van der Waals surface area contributed by atoms with Crippen LogP contribution in [-0.2, 0) is 7.05 Å². The number of hydrogen-bond acceptors (Lipinski definition) is 5. The van der Waals surface area contributed by atoms with E-state index < -0.39 is 6.10 Å². The predicted molar refractivity (Wildman–Crippen MR) is 92.5 cm³/mol. The van der Waals surface area contributed by atoms with Crippen LogP contribution in [0.25, 0.3) is 0 Å². The lowest BCUT2D eigenvalue weighted by atomic mass is 10.0. The molecule has 0 bridgehead atoms. The highest BCUT2D eigenvalue weighted by atomic mass is 16.5. The van der Waals surface area contributed by atoms with Crippen LogP contribution >= 0.6 is 0 Å². The van der Waals surface area contributed by atoms with Crippen molar-refractivity contribution in [2.24, 2.45) is 13.0 Å². The molecule has 2 aromatic rings. The molecule has 134 valence electrons. The van der Waals surface area contributed by atoms with E-state index in [4.69, 9.17) is 4.74 Å². The van der Waals surface area contributed by atoms with E-state index in [0.29, 0.717) is 24.3 Å². The van der Waals surface area contributed by atoms with Crippen molar-refractivity contribution < 1.29 is 14.6 Å². The van der Waals surface area contributed by atoms with E-state index >= 15 is 0 Å². The molecule has 1 heterocycles. The smallest absolute Gasteiger partial charge is 0.255 e. The summed E-state index contributed by atoms with van der Waals surface area (Å²) in [6.45, 7) is 2.37. The lowest BCUT2D eigenvalue weighted by Crippen LogP contribution is -2.32. The molecule has 1 fully saturated rings. The molecule has 1 aliphatic carbocycles. The molecular formula is C18H24N4O3. The van der Waals surface area contributed by atoms with Crippen LogP contribution in [0.1, 0.15) is 40.5 Å². The van der Waals surface area contributed by atoms with Crippen molar-refractivity contribution in [2.45, 2.75) is 31.8 Å². The summed E-state index contributed by atoms with van der Waals surface area (Å²) in [4.78, 5) is 12.5. The topological polar surface area (TPSA) is 89.3 Å². The van der Waals surface area contributed by atoms with Gasteiger partial charge < -0.3 is 19.7 Å². The number of nitrogens with one attached hydrogen (secondary N) is 1. The van der Waals surface area contributed by atoms with E-state index in [2.05, 4.69) is 15.5 Å². The van der Waals surface area contributed by atoms with Gasteiger partial charge in [0.15, 0.2) is 0 Å². The number of hydrogen-bond donors (Lipinski definition) is 2. The van der Waals surface area contributed by atoms with Crippen LogP contribution in [0.3, 0.4) is 0 Å². The number of aliphatic hydroxyl groups excluding tert-OH is 1. The van der Waals surface area contributed by atoms with Crippen molar-refractivity contribution in [1.29, 1.82) is 0 Å². The first kappa shape index (κ1) is 17.4. The average molecular weight is 344 g/mol. The molecule has 0 unspecified atom stereocenters. The molecule has 2 N–H and O–H groups in total. The van der Waals surface area contributed by atoms with Gasteiger partial charge in [-0.3, -0.25) is 4.79 Å². The van der Waals surface area contributed by atoms with Crippen molar-refractivity contribution in [3.8, 4) is 5.75 Å². The van der Waals surface area contributed by atoms with Gasteiger partial charge in [0.1, 0.15) is 17.9 Å². The number of nitrogens with zero attached hydrogens (tertiary/aromatic N) is 3. The van der Waals surface area contributed by atoms with E-state index in [1.54, 1.807) is 19.5 Å². The first-order valence-corrected chi connectivity index (χ1v) is 8.44. The molecule has 7 nitrogen and oxygen atoms in total. The Kier molecular flexibility index (Phi) is 5.03. The van der Waals surface area contributed by atoms with Crippen LogP contribution in [0, 0.1) is 12.8 Å². The Morgan fingerprint density at radius 1 is 1.44 bits per heavy atom. The van der Waals surface area contributed by atoms with Gasteiger partial charge in [0.2, 0.25) is 0 Å². The summed E-state index contributed by atoms with van der Waals surface area (Å²) < 4.78 is 7.18. The number of aromatic nitrogens is 3. The van der Waals surface area contributed by atoms with Crippen molar-refractivity contribution in [1.82, 2.24) is 20.1 Å². The Bertz CT molecular complexity index is 759. The Labute approximate surface area is 147 Å². The zero-order valence-corrected chi connectivity index (χ0v) is 14.8. The number of benzene rings is 1. The highest BCUT2D eigenvalue weighted by molar-refractivity contribution is 5.97. The number of ether oxygens (including phenoxy) is 1. The molecule has 25 heavy (non-hydrogen) atoms. The summed E-state index contributed by atoms with van der Waals surface area (Å²) in [7, 11) is 3.46. The normalized spacial score (nSPS) is 22.8. The molecule has 0 aliphatic heterocycles. The van der Waals surface area contributed by atoms with Gasteiger partial charge in [0.05, 0.1) is 18.8 Å². The quantitative estimate of drug-likeness (QED) is 0.856. The van der Waals surface area contributed by atoms with Crippen LogP contribution in [0.5, 0.6) is 5.75 Å². The van der Waals surface area contributed by atoms with Crippen molar-refractivity contribution >= 4 is 5.91 Å². The number of aliphatic hydroxyl groups is 1. The lowest BCUT2D eigenvalue weighted by Gasteiger charge is -2.16. The first-order chi connectivity index (χ1) is 12.0. The predicted octanol–water partition coefficient (Wildman–Crippen LogP) is 1.42. The van der Waals surface area contributed by atoms with Gasteiger partial charge in [-0.1, -0.05) is 6.07 Å². The molecule has 0 saturated heterocycles. The Morgan fingerprint density at radius 2 is 2.24 bits per heavy atom. The van der Waals surface area contributed by atoms with Crippen molar-refractivity contribution in [2.75, 3.05) is 13.7 Å². The fourth-order valence-electron chi connectivity index (χ4n) is 3.50. The molecule has 3 rings (SSSR count). The van der Waals surface area contributed by atoms with Crippen LogP contribution in [-0.4, -0.2) is 45.5 Å². The van der Waals surface area contributed by atoms with Gasteiger partial charge in [-0.2, -0.15) is 0 Å². The monoisotopic (exact) mass is 344 g/mol. The summed E-state index contributed by atoms with van der Waals surface area (Å²) >= 11 is 0. The molecular weight excluding hydrogens is 320 g/mol. The Morgan fingerprint density at radius 3 is 2.92 bits per heavy atom. The lowest BCUT2D eigenvalue weighted by molar-refractivity contribution is 0.0914. The van der Waals surface area contributed by atoms with Gasteiger partial charge in [-0.25, -0.2) is 0 Å². The zero-order valence-electron chi connectivity index (χ0n) is 14.8. The zero-order chi connectivity index (χ0) is 18.0. The van der Waals surface area contributed by atoms with E-state index in [9.17, 15) is 9.90 Å². The molecule has 7 heteroatoms. The molecule has 1 saturated carbocycles. The maximum Gasteiger partial charge on any atom is 0.255 e. The number of methoxy groups -OCH3 is 1. The number of carbonyl (C=O) groups excluding carboxylic acids is 1. The Hall–Kier alpha value is -2.41. The van der Waals surface area contributed by atoms with Gasteiger partial charge in [-0.05, 0) is 37.5 Å². The first-order valence-electron chi connectivity index (χ1n) is 8.44. The number of carbonyl (C=O) groups is 1. The molecule has 0 spiro atoms. The highest BCUT2D eigenvalue weighted by Gasteiger charge is 2.36. The highest BCUT2D eigenvalue weighted by Crippen LogP contribution is 2.37. The van der Waals surface area contributed by atoms with Gasteiger partial charge in [-0.15, -0.1) is 10.2 Å². The average Bonchev–Trinajstić information content (AvgIpc) is 3.17. The van der Waals surface area contributed by atoms with Gasteiger partial charge in [0, 0.05) is 25.4 Å². The Balaban J connectivity index is 1.62.